The third-order valence-corrected chi connectivity index (χ3v) is 3.96. The number of rotatable bonds is 7. The van der Waals surface area contributed by atoms with Crippen molar-refractivity contribution < 1.29 is 28.6 Å². The van der Waals surface area contributed by atoms with Crippen LogP contribution in [0.25, 0.3) is 0 Å². The van der Waals surface area contributed by atoms with Crippen molar-refractivity contribution in [3.05, 3.63) is 24.3 Å². The smallest absolute Gasteiger partial charge is 0.308 e. The molecule has 7 heteroatoms. The van der Waals surface area contributed by atoms with Crippen molar-refractivity contribution in [2.45, 2.75) is 45.6 Å². The quantitative estimate of drug-likeness (QED) is 0.546. The molecule has 1 saturated heterocycles. The van der Waals surface area contributed by atoms with E-state index in [1.807, 2.05) is 0 Å². The summed E-state index contributed by atoms with van der Waals surface area (Å²) in [7, 11) is 0. The summed E-state index contributed by atoms with van der Waals surface area (Å²) in [6, 6.07) is 6.77. The summed E-state index contributed by atoms with van der Waals surface area (Å²) in [5, 5.41) is 0. The summed E-state index contributed by atoms with van der Waals surface area (Å²) in [5.41, 5.74) is 0. The minimum Gasteiger partial charge on any atom is -0.486 e. The van der Waals surface area contributed by atoms with Gasteiger partial charge < -0.3 is 19.1 Å². The molecule has 1 aliphatic rings. The second kappa shape index (κ2) is 9.79. The van der Waals surface area contributed by atoms with Crippen molar-refractivity contribution in [1.29, 1.82) is 0 Å². The van der Waals surface area contributed by atoms with Crippen molar-refractivity contribution >= 4 is 17.8 Å². The van der Waals surface area contributed by atoms with E-state index in [0.717, 1.165) is 19.3 Å². The zero-order chi connectivity index (χ0) is 18.9. The number of hydrogen-bond donors (Lipinski definition) is 0. The van der Waals surface area contributed by atoms with Crippen LogP contribution in [-0.4, -0.2) is 48.5 Å². The highest BCUT2D eigenvalue weighted by Crippen LogP contribution is 2.27. The maximum absolute atomic E-state index is 12.2. The first-order valence-corrected chi connectivity index (χ1v) is 8.81. The predicted octanol–water partition coefficient (Wildman–Crippen LogP) is 2.33. The van der Waals surface area contributed by atoms with E-state index >= 15 is 0 Å². The van der Waals surface area contributed by atoms with Crippen LogP contribution in [0.15, 0.2) is 24.3 Å². The maximum atomic E-state index is 12.2. The fourth-order valence-corrected chi connectivity index (χ4v) is 2.83. The van der Waals surface area contributed by atoms with Gasteiger partial charge in [0, 0.05) is 26.8 Å². The van der Waals surface area contributed by atoms with E-state index in [0.29, 0.717) is 24.5 Å². The van der Waals surface area contributed by atoms with Gasteiger partial charge in [-0.1, -0.05) is 18.6 Å². The molecule has 0 bridgehead atoms. The van der Waals surface area contributed by atoms with Gasteiger partial charge in [-0.25, -0.2) is 0 Å². The third kappa shape index (κ3) is 6.38. The van der Waals surface area contributed by atoms with Crippen LogP contribution in [0.1, 0.15) is 39.5 Å². The lowest BCUT2D eigenvalue weighted by atomic mass is 10.2. The monoisotopic (exact) mass is 363 g/mol. The number of amides is 1. The van der Waals surface area contributed by atoms with Crippen LogP contribution < -0.4 is 9.47 Å². The Hall–Kier alpha value is -2.57. The minimum absolute atomic E-state index is 0.0572. The summed E-state index contributed by atoms with van der Waals surface area (Å²) in [4.78, 5) is 36.5. The molecule has 26 heavy (non-hydrogen) atoms. The SMILES string of the molecule is CC(=O)Oc1ccccc1OCC(CN1CCCCCC1=O)OC(C)=O. The van der Waals surface area contributed by atoms with Gasteiger partial charge >= 0.3 is 11.9 Å². The molecule has 1 fully saturated rings. The zero-order valence-corrected chi connectivity index (χ0v) is 15.2. The molecule has 0 N–H and O–H groups in total. The van der Waals surface area contributed by atoms with Crippen LogP contribution in [0.3, 0.4) is 0 Å². The summed E-state index contributed by atoms with van der Waals surface area (Å²) >= 11 is 0. The Labute approximate surface area is 153 Å². The Morgan fingerprint density at radius 3 is 2.50 bits per heavy atom. The fourth-order valence-electron chi connectivity index (χ4n) is 2.83. The van der Waals surface area contributed by atoms with Gasteiger partial charge in [0.2, 0.25) is 5.91 Å². The average molecular weight is 363 g/mol. The Morgan fingerprint density at radius 2 is 1.81 bits per heavy atom. The van der Waals surface area contributed by atoms with Gasteiger partial charge in [0.1, 0.15) is 6.61 Å². The van der Waals surface area contributed by atoms with Gasteiger partial charge in [-0.15, -0.1) is 0 Å². The normalized spacial score (nSPS) is 15.8. The Bertz CT molecular complexity index is 645. The van der Waals surface area contributed by atoms with Gasteiger partial charge in [0.05, 0.1) is 6.54 Å². The summed E-state index contributed by atoms with van der Waals surface area (Å²) in [6.07, 6.45) is 2.77. The molecule has 1 unspecified atom stereocenters. The van der Waals surface area contributed by atoms with Crippen molar-refractivity contribution in [3.63, 3.8) is 0 Å². The van der Waals surface area contributed by atoms with Crippen molar-refractivity contribution in [3.8, 4) is 11.5 Å². The van der Waals surface area contributed by atoms with Gasteiger partial charge in [-0.2, -0.15) is 0 Å². The second-order valence-electron chi connectivity index (χ2n) is 6.23. The maximum Gasteiger partial charge on any atom is 0.308 e. The van der Waals surface area contributed by atoms with Gasteiger partial charge in [-0.3, -0.25) is 14.4 Å². The second-order valence-corrected chi connectivity index (χ2v) is 6.23. The molecule has 1 heterocycles. The van der Waals surface area contributed by atoms with Crippen LogP contribution in [-0.2, 0) is 19.1 Å². The summed E-state index contributed by atoms with van der Waals surface area (Å²) < 4.78 is 16.1. The highest BCUT2D eigenvalue weighted by Gasteiger charge is 2.23. The third-order valence-electron chi connectivity index (χ3n) is 3.96. The molecule has 1 aromatic carbocycles. The van der Waals surface area contributed by atoms with Gasteiger partial charge in [0.25, 0.3) is 0 Å². The summed E-state index contributed by atoms with van der Waals surface area (Å²) in [5.74, 6) is -0.142. The molecule has 7 nitrogen and oxygen atoms in total. The molecule has 1 amide bonds. The van der Waals surface area contributed by atoms with E-state index in [1.54, 1.807) is 29.2 Å². The van der Waals surface area contributed by atoms with E-state index < -0.39 is 18.0 Å². The number of ether oxygens (including phenoxy) is 3. The van der Waals surface area contributed by atoms with Crippen molar-refractivity contribution in [2.75, 3.05) is 19.7 Å². The number of carbonyl (C=O) groups is 3. The van der Waals surface area contributed by atoms with E-state index in [1.165, 1.54) is 13.8 Å². The molecule has 1 aliphatic heterocycles. The first-order chi connectivity index (χ1) is 12.5. The highest BCUT2D eigenvalue weighted by atomic mass is 16.6. The van der Waals surface area contributed by atoms with Crippen LogP contribution in [0.4, 0.5) is 0 Å². The van der Waals surface area contributed by atoms with E-state index in [4.69, 9.17) is 14.2 Å². The Morgan fingerprint density at radius 1 is 1.08 bits per heavy atom. The van der Waals surface area contributed by atoms with Crippen molar-refractivity contribution in [1.82, 2.24) is 4.90 Å². The van der Waals surface area contributed by atoms with Crippen LogP contribution >= 0.6 is 0 Å². The lowest BCUT2D eigenvalue weighted by Gasteiger charge is -2.26. The van der Waals surface area contributed by atoms with E-state index in [2.05, 4.69) is 0 Å². The Kier molecular flexibility index (Phi) is 7.44. The minimum atomic E-state index is -0.597. The molecular formula is C19H25NO6. The molecule has 0 aromatic heterocycles. The number of nitrogens with zero attached hydrogens (tertiary/aromatic N) is 1. The Balaban J connectivity index is 2.02. The number of esters is 2. The highest BCUT2D eigenvalue weighted by molar-refractivity contribution is 5.76. The zero-order valence-electron chi connectivity index (χ0n) is 15.2. The first-order valence-electron chi connectivity index (χ1n) is 8.81. The molecule has 0 spiro atoms. The van der Waals surface area contributed by atoms with E-state index in [-0.39, 0.29) is 19.1 Å². The molecule has 0 radical (unpaired) electrons. The van der Waals surface area contributed by atoms with Crippen molar-refractivity contribution in [2.24, 2.45) is 0 Å². The van der Waals surface area contributed by atoms with Crippen LogP contribution in [0, 0.1) is 0 Å². The summed E-state index contributed by atoms with van der Waals surface area (Å²) in [6.45, 7) is 3.63. The largest absolute Gasteiger partial charge is 0.486 e. The predicted molar refractivity (Wildman–Crippen MR) is 93.8 cm³/mol. The molecule has 0 aliphatic carbocycles. The lowest BCUT2D eigenvalue weighted by Crippen LogP contribution is -2.41. The van der Waals surface area contributed by atoms with Crippen LogP contribution in [0.2, 0.25) is 0 Å². The molecule has 0 saturated carbocycles. The number of likely N-dealkylation sites (tertiary alicyclic amines) is 1. The molecular weight excluding hydrogens is 338 g/mol. The molecule has 1 atom stereocenters. The fraction of sp³-hybridized carbons (Fsp3) is 0.526. The van der Waals surface area contributed by atoms with E-state index in [9.17, 15) is 14.4 Å². The average Bonchev–Trinajstić information content (AvgIpc) is 2.77. The topological polar surface area (TPSA) is 82.1 Å². The number of hydrogen-bond acceptors (Lipinski definition) is 6. The number of carbonyl (C=O) groups excluding carboxylic acids is 3. The number of benzene rings is 1. The van der Waals surface area contributed by atoms with Crippen LogP contribution in [0.5, 0.6) is 11.5 Å². The number of para-hydroxylation sites is 2. The molecule has 142 valence electrons. The first kappa shape index (κ1) is 19.8. The standard InChI is InChI=1S/C19H25NO6/c1-14(21)25-16(12-20-11-7-3-4-10-19(20)23)13-24-17-8-5-6-9-18(17)26-15(2)22/h5-6,8-9,16H,3-4,7,10-13H2,1-2H3. The molecule has 1 aromatic rings. The van der Waals surface area contributed by atoms with Gasteiger partial charge in [0.15, 0.2) is 17.6 Å². The molecule has 2 rings (SSSR count). The van der Waals surface area contributed by atoms with Gasteiger partial charge in [-0.05, 0) is 25.0 Å². The lowest BCUT2D eigenvalue weighted by molar-refractivity contribution is -0.151.